The number of fused-ring (bicyclic) bond motifs is 1. The number of piperidine rings is 1. The number of nitrogens with one attached hydrogen (secondary N) is 2. The Balaban J connectivity index is 1.92. The number of aromatic nitrogens is 1. The summed E-state index contributed by atoms with van der Waals surface area (Å²) >= 11 is -1.14. The lowest BCUT2D eigenvalue weighted by molar-refractivity contribution is 0.0288. The van der Waals surface area contributed by atoms with Crippen molar-refractivity contribution in [2.45, 2.75) is 50.0 Å². The van der Waals surface area contributed by atoms with E-state index in [2.05, 4.69) is 15.0 Å². The third-order valence-corrected chi connectivity index (χ3v) is 5.73. The summed E-state index contributed by atoms with van der Waals surface area (Å²) in [6.45, 7) is 7.75. The van der Waals surface area contributed by atoms with Crippen LogP contribution in [0.2, 0.25) is 0 Å². The molecule has 3 rings (SSSR count). The molecule has 6 heteroatoms. The van der Waals surface area contributed by atoms with Gasteiger partial charge in [0, 0.05) is 36.0 Å². The van der Waals surface area contributed by atoms with Gasteiger partial charge >= 0.3 is 0 Å². The Bertz CT molecular complexity index is 512. The summed E-state index contributed by atoms with van der Waals surface area (Å²) in [6, 6.07) is 3.87. The van der Waals surface area contributed by atoms with Crippen LogP contribution in [0.5, 0.6) is 5.88 Å². The molecule has 0 unspecified atom stereocenters. The molecule has 0 aliphatic carbocycles. The van der Waals surface area contributed by atoms with Crippen molar-refractivity contribution in [3.8, 4) is 5.88 Å². The first-order chi connectivity index (χ1) is 9.92. The minimum atomic E-state index is -1.14. The molecule has 0 radical (unpaired) electrons. The van der Waals surface area contributed by atoms with Crippen molar-refractivity contribution in [1.82, 2.24) is 15.0 Å². The number of nitrogens with zero attached hydrogens (tertiary/aromatic N) is 1. The highest BCUT2D eigenvalue weighted by molar-refractivity contribution is 7.90. The van der Waals surface area contributed by atoms with Crippen LogP contribution in [0, 0.1) is 0 Å². The van der Waals surface area contributed by atoms with E-state index in [1.54, 1.807) is 6.20 Å². The molecule has 2 atom stereocenters. The monoisotopic (exact) mass is 309 g/mol. The molecule has 1 fully saturated rings. The second-order valence-corrected chi connectivity index (χ2v) is 8.74. The van der Waals surface area contributed by atoms with E-state index in [4.69, 9.17) is 4.74 Å². The SMILES string of the molecule is CC(C)(C)[S@@+]([O-])N[C@@H]1c2cccnc2OC12CCNCC2. The smallest absolute Gasteiger partial charge is 0.219 e. The first kappa shape index (κ1) is 15.1. The molecular formula is C15H23N3O2S. The van der Waals surface area contributed by atoms with E-state index in [0.29, 0.717) is 5.88 Å². The maximum atomic E-state index is 12.6. The molecule has 21 heavy (non-hydrogen) atoms. The lowest BCUT2D eigenvalue weighted by Gasteiger charge is -2.39. The standard InChI is InChI=1S/C15H23N3O2S/c1-14(2,3)21(19)18-12-11-5-4-8-17-13(11)20-15(12)6-9-16-10-7-15/h4-5,8,12,16,18H,6-7,9-10H2,1-3H3/t12-,21-/m1/s1. The first-order valence-corrected chi connectivity index (χ1v) is 8.60. The van der Waals surface area contributed by atoms with Crippen LogP contribution in [0.1, 0.15) is 45.2 Å². The van der Waals surface area contributed by atoms with Crippen LogP contribution in [-0.4, -0.2) is 33.0 Å². The molecule has 1 aromatic rings. The van der Waals surface area contributed by atoms with E-state index in [0.717, 1.165) is 31.5 Å². The van der Waals surface area contributed by atoms with Gasteiger partial charge in [-0.2, -0.15) is 0 Å². The quantitative estimate of drug-likeness (QED) is 0.814. The van der Waals surface area contributed by atoms with Crippen LogP contribution in [0.4, 0.5) is 0 Å². The van der Waals surface area contributed by atoms with Gasteiger partial charge in [-0.15, -0.1) is 4.72 Å². The molecule has 2 aliphatic rings. The maximum absolute atomic E-state index is 12.6. The van der Waals surface area contributed by atoms with Crippen LogP contribution in [0.15, 0.2) is 18.3 Å². The minimum absolute atomic E-state index is 0.0663. The summed E-state index contributed by atoms with van der Waals surface area (Å²) in [7, 11) is 0. The molecule has 116 valence electrons. The van der Waals surface area contributed by atoms with Crippen molar-refractivity contribution < 1.29 is 9.29 Å². The van der Waals surface area contributed by atoms with Gasteiger partial charge in [0.1, 0.15) is 16.4 Å². The zero-order chi connectivity index (χ0) is 15.1. The minimum Gasteiger partial charge on any atom is -0.598 e. The average Bonchev–Trinajstić information content (AvgIpc) is 2.72. The fourth-order valence-electron chi connectivity index (χ4n) is 2.94. The Morgan fingerprint density at radius 3 is 2.81 bits per heavy atom. The van der Waals surface area contributed by atoms with Crippen LogP contribution in [0.25, 0.3) is 0 Å². The summed E-state index contributed by atoms with van der Waals surface area (Å²) in [5, 5.41) is 3.36. The molecule has 1 saturated heterocycles. The van der Waals surface area contributed by atoms with Gasteiger partial charge in [0.15, 0.2) is 0 Å². The number of pyridine rings is 1. The highest BCUT2D eigenvalue weighted by Gasteiger charge is 2.52. The van der Waals surface area contributed by atoms with Gasteiger partial charge in [-0.05, 0) is 39.9 Å². The van der Waals surface area contributed by atoms with Gasteiger partial charge in [0.25, 0.3) is 0 Å². The molecule has 3 heterocycles. The van der Waals surface area contributed by atoms with Crippen LogP contribution in [0.3, 0.4) is 0 Å². The number of hydrogen-bond donors (Lipinski definition) is 2. The van der Waals surface area contributed by atoms with E-state index in [-0.39, 0.29) is 16.4 Å². The van der Waals surface area contributed by atoms with Crippen molar-refractivity contribution >= 4 is 11.4 Å². The zero-order valence-corrected chi connectivity index (χ0v) is 13.6. The van der Waals surface area contributed by atoms with Gasteiger partial charge in [0.05, 0.1) is 0 Å². The van der Waals surface area contributed by atoms with E-state index in [9.17, 15) is 4.55 Å². The average molecular weight is 309 g/mol. The second-order valence-electron chi connectivity index (χ2n) is 6.75. The predicted octanol–water partition coefficient (Wildman–Crippen LogP) is 1.69. The van der Waals surface area contributed by atoms with Crippen LogP contribution >= 0.6 is 0 Å². The van der Waals surface area contributed by atoms with E-state index < -0.39 is 11.4 Å². The maximum Gasteiger partial charge on any atom is 0.219 e. The molecule has 1 aromatic heterocycles. The van der Waals surface area contributed by atoms with Crippen molar-refractivity contribution in [2.75, 3.05) is 13.1 Å². The Hall–Kier alpha value is -0.820. The van der Waals surface area contributed by atoms with Crippen molar-refractivity contribution in [3.63, 3.8) is 0 Å². The van der Waals surface area contributed by atoms with Gasteiger partial charge in [-0.1, -0.05) is 6.07 Å². The lowest BCUT2D eigenvalue weighted by atomic mass is 9.84. The highest BCUT2D eigenvalue weighted by Crippen LogP contribution is 2.47. The molecule has 1 spiro atoms. The molecule has 0 amide bonds. The molecule has 0 saturated carbocycles. The predicted molar refractivity (Wildman–Crippen MR) is 83.5 cm³/mol. The Morgan fingerprint density at radius 1 is 1.43 bits per heavy atom. The fraction of sp³-hybridized carbons (Fsp3) is 0.667. The van der Waals surface area contributed by atoms with Crippen LogP contribution < -0.4 is 14.8 Å². The molecule has 2 N–H and O–H groups in total. The Morgan fingerprint density at radius 2 is 2.14 bits per heavy atom. The zero-order valence-electron chi connectivity index (χ0n) is 12.8. The second kappa shape index (κ2) is 5.43. The van der Waals surface area contributed by atoms with Crippen molar-refractivity contribution in [1.29, 1.82) is 0 Å². The normalized spacial score (nSPS) is 25.4. The summed E-state index contributed by atoms with van der Waals surface area (Å²) in [6.07, 6.45) is 3.53. The van der Waals surface area contributed by atoms with Crippen LogP contribution in [-0.2, 0) is 11.4 Å². The topological polar surface area (TPSA) is 69.2 Å². The van der Waals surface area contributed by atoms with Crippen molar-refractivity contribution in [3.05, 3.63) is 23.9 Å². The number of rotatable bonds is 2. The van der Waals surface area contributed by atoms with Gasteiger partial charge in [-0.3, -0.25) is 0 Å². The largest absolute Gasteiger partial charge is 0.598 e. The van der Waals surface area contributed by atoms with E-state index in [1.165, 1.54) is 0 Å². The summed E-state index contributed by atoms with van der Waals surface area (Å²) in [5.74, 6) is 0.683. The van der Waals surface area contributed by atoms with Crippen molar-refractivity contribution in [2.24, 2.45) is 0 Å². The first-order valence-electron chi connectivity index (χ1n) is 7.45. The van der Waals surface area contributed by atoms with Gasteiger partial charge < -0.3 is 14.6 Å². The number of hydrogen-bond acceptors (Lipinski definition) is 5. The molecular weight excluding hydrogens is 286 g/mol. The number of ether oxygens (including phenoxy) is 1. The summed E-state index contributed by atoms with van der Waals surface area (Å²) in [5.41, 5.74) is 0.694. The fourth-order valence-corrected chi connectivity index (χ4v) is 3.85. The Labute approximate surface area is 129 Å². The highest BCUT2D eigenvalue weighted by atomic mass is 32.2. The van der Waals surface area contributed by atoms with E-state index >= 15 is 0 Å². The van der Waals surface area contributed by atoms with Gasteiger partial charge in [-0.25, -0.2) is 4.98 Å². The third kappa shape index (κ3) is 2.77. The Kier molecular flexibility index (Phi) is 3.90. The summed E-state index contributed by atoms with van der Waals surface area (Å²) < 4.78 is 21.8. The summed E-state index contributed by atoms with van der Waals surface area (Å²) in [4.78, 5) is 4.35. The third-order valence-electron chi connectivity index (χ3n) is 4.17. The molecule has 0 aromatic carbocycles. The molecule has 5 nitrogen and oxygen atoms in total. The van der Waals surface area contributed by atoms with E-state index in [1.807, 2.05) is 32.9 Å². The molecule has 0 bridgehead atoms. The molecule has 2 aliphatic heterocycles. The van der Waals surface area contributed by atoms with Gasteiger partial charge in [0.2, 0.25) is 5.88 Å². The lowest BCUT2D eigenvalue weighted by Crippen LogP contribution is -2.54.